The number of anilines is 1. The van der Waals surface area contributed by atoms with Gasteiger partial charge in [-0.1, -0.05) is 35.9 Å². The summed E-state index contributed by atoms with van der Waals surface area (Å²) >= 11 is 6.12. The molecule has 36 heavy (non-hydrogen) atoms. The number of nitrogens with zero attached hydrogens (tertiary/aromatic N) is 3. The first-order valence-electron chi connectivity index (χ1n) is 13.0. The molecule has 1 amide bonds. The lowest BCUT2D eigenvalue weighted by atomic mass is 9.99. The van der Waals surface area contributed by atoms with E-state index in [0.29, 0.717) is 6.42 Å². The smallest absolute Gasteiger partial charge is 0.222 e. The second-order valence-electron chi connectivity index (χ2n) is 9.67. The van der Waals surface area contributed by atoms with Gasteiger partial charge in [0.2, 0.25) is 5.91 Å². The molecule has 2 aromatic carbocycles. The second kappa shape index (κ2) is 11.4. The maximum Gasteiger partial charge on any atom is 0.222 e. The highest BCUT2D eigenvalue weighted by Gasteiger charge is 2.23. The first-order valence-corrected chi connectivity index (χ1v) is 13.3. The number of ether oxygens (including phenoxy) is 1. The number of methoxy groups -OCH3 is 1. The van der Waals surface area contributed by atoms with Gasteiger partial charge in [0, 0.05) is 73.4 Å². The van der Waals surface area contributed by atoms with Crippen LogP contribution in [-0.4, -0.2) is 73.6 Å². The number of halogens is 1. The predicted octanol–water partition coefficient (Wildman–Crippen LogP) is 5.44. The zero-order chi connectivity index (χ0) is 24.9. The molecule has 6 nitrogen and oxygen atoms in total. The van der Waals surface area contributed by atoms with Gasteiger partial charge >= 0.3 is 0 Å². The maximum absolute atomic E-state index is 12.8. The molecule has 0 radical (unpaired) electrons. The van der Waals surface area contributed by atoms with E-state index < -0.39 is 0 Å². The molecule has 2 aliphatic rings. The number of para-hydroxylation sites is 2. The third-order valence-corrected chi connectivity index (χ3v) is 7.69. The van der Waals surface area contributed by atoms with Gasteiger partial charge in [0.05, 0.1) is 12.8 Å². The zero-order valence-electron chi connectivity index (χ0n) is 21.0. The fraction of sp³-hybridized carbons (Fsp3) is 0.414. The van der Waals surface area contributed by atoms with Gasteiger partial charge in [-0.3, -0.25) is 9.69 Å². The molecule has 0 saturated carbocycles. The minimum Gasteiger partial charge on any atom is -0.495 e. The Bertz CT molecular complexity index is 1230. The van der Waals surface area contributed by atoms with Crippen molar-refractivity contribution in [1.82, 2.24) is 14.8 Å². The number of carbonyl (C=O) groups is 1. The molecule has 3 heterocycles. The van der Waals surface area contributed by atoms with Crippen LogP contribution in [0.3, 0.4) is 0 Å². The lowest BCUT2D eigenvalue weighted by molar-refractivity contribution is -0.131. The molecule has 190 valence electrons. The Labute approximate surface area is 218 Å². The highest BCUT2D eigenvalue weighted by Crippen LogP contribution is 2.31. The fourth-order valence-electron chi connectivity index (χ4n) is 5.38. The van der Waals surface area contributed by atoms with Gasteiger partial charge < -0.3 is 19.5 Å². The van der Waals surface area contributed by atoms with Gasteiger partial charge in [-0.2, -0.15) is 0 Å². The Balaban J connectivity index is 1.03. The van der Waals surface area contributed by atoms with Crippen molar-refractivity contribution in [3.05, 3.63) is 65.3 Å². The quantitative estimate of drug-likeness (QED) is 0.413. The molecule has 5 rings (SSSR count). The van der Waals surface area contributed by atoms with Gasteiger partial charge in [0.1, 0.15) is 5.75 Å². The molecule has 1 saturated heterocycles. The number of rotatable bonds is 8. The van der Waals surface area contributed by atoms with E-state index in [1.807, 2.05) is 35.2 Å². The van der Waals surface area contributed by atoms with Crippen molar-refractivity contribution in [2.24, 2.45) is 0 Å². The molecule has 0 atom stereocenters. The van der Waals surface area contributed by atoms with E-state index in [4.69, 9.17) is 16.3 Å². The summed E-state index contributed by atoms with van der Waals surface area (Å²) in [5.41, 5.74) is 4.90. The summed E-state index contributed by atoms with van der Waals surface area (Å²) in [6, 6.07) is 14.1. The molecule has 0 unspecified atom stereocenters. The minimum atomic E-state index is 0.287. The first kappa shape index (κ1) is 24.7. The molecule has 0 aliphatic carbocycles. The Morgan fingerprint density at radius 2 is 1.89 bits per heavy atom. The number of nitrogens with one attached hydrogen (secondary N) is 1. The largest absolute Gasteiger partial charge is 0.495 e. The highest BCUT2D eigenvalue weighted by atomic mass is 35.5. The van der Waals surface area contributed by atoms with Crippen molar-refractivity contribution in [2.75, 3.05) is 57.8 Å². The summed E-state index contributed by atoms with van der Waals surface area (Å²) in [6.07, 6.45) is 8.15. The summed E-state index contributed by atoms with van der Waals surface area (Å²) in [5, 5.41) is 2.00. The highest BCUT2D eigenvalue weighted by molar-refractivity contribution is 6.31. The number of piperazine rings is 1. The van der Waals surface area contributed by atoms with Gasteiger partial charge in [-0.25, -0.2) is 0 Å². The lowest BCUT2D eigenvalue weighted by Crippen LogP contribution is -2.48. The van der Waals surface area contributed by atoms with Crippen molar-refractivity contribution >= 4 is 39.7 Å². The molecule has 0 spiro atoms. The summed E-state index contributed by atoms with van der Waals surface area (Å²) in [5.74, 6) is 1.18. The third-order valence-electron chi connectivity index (χ3n) is 7.46. The van der Waals surface area contributed by atoms with Crippen molar-refractivity contribution in [1.29, 1.82) is 0 Å². The summed E-state index contributed by atoms with van der Waals surface area (Å²) in [7, 11) is 1.71. The summed E-state index contributed by atoms with van der Waals surface area (Å²) in [4.78, 5) is 22.9. The van der Waals surface area contributed by atoms with Crippen LogP contribution in [0.4, 0.5) is 5.69 Å². The topological polar surface area (TPSA) is 51.8 Å². The number of unbranched alkanes of at least 4 members (excludes halogenated alkanes) is 1. The Kier molecular flexibility index (Phi) is 7.83. The number of aromatic amines is 1. The number of hydrogen-bond donors (Lipinski definition) is 1. The van der Waals surface area contributed by atoms with Gasteiger partial charge in [0.15, 0.2) is 0 Å². The molecule has 1 fully saturated rings. The van der Waals surface area contributed by atoms with E-state index in [0.717, 1.165) is 87.1 Å². The van der Waals surface area contributed by atoms with Crippen molar-refractivity contribution in [3.8, 4) is 5.75 Å². The van der Waals surface area contributed by atoms with Crippen LogP contribution in [-0.2, 0) is 4.79 Å². The van der Waals surface area contributed by atoms with Crippen LogP contribution in [0.25, 0.3) is 16.5 Å². The molecule has 1 N–H and O–H groups in total. The van der Waals surface area contributed by atoms with E-state index >= 15 is 0 Å². The van der Waals surface area contributed by atoms with Gasteiger partial charge in [-0.15, -0.1) is 0 Å². The van der Waals surface area contributed by atoms with Crippen molar-refractivity contribution in [3.63, 3.8) is 0 Å². The molecular formula is C29H35ClN4O2. The molecule has 2 aliphatic heterocycles. The Hall–Kier alpha value is -2.96. The average molecular weight is 507 g/mol. The monoisotopic (exact) mass is 506 g/mol. The molecule has 0 bridgehead atoms. The van der Waals surface area contributed by atoms with E-state index in [-0.39, 0.29) is 5.91 Å². The van der Waals surface area contributed by atoms with Crippen LogP contribution in [0.1, 0.15) is 31.2 Å². The normalized spacial score (nSPS) is 16.9. The molecule has 3 aromatic rings. The van der Waals surface area contributed by atoms with Crippen molar-refractivity contribution in [2.45, 2.75) is 25.7 Å². The fourth-order valence-corrected chi connectivity index (χ4v) is 5.55. The average Bonchev–Trinajstić information content (AvgIpc) is 3.34. The van der Waals surface area contributed by atoms with Crippen LogP contribution in [0.5, 0.6) is 5.75 Å². The van der Waals surface area contributed by atoms with Crippen LogP contribution < -0.4 is 9.64 Å². The van der Waals surface area contributed by atoms with E-state index in [1.165, 1.54) is 16.5 Å². The summed E-state index contributed by atoms with van der Waals surface area (Å²) < 4.78 is 5.50. The molecular weight excluding hydrogens is 472 g/mol. The number of fused-ring (bicyclic) bond motifs is 1. The van der Waals surface area contributed by atoms with Crippen LogP contribution in [0.2, 0.25) is 5.02 Å². The summed E-state index contributed by atoms with van der Waals surface area (Å²) in [6.45, 7) is 6.31. The maximum atomic E-state index is 12.8. The van der Waals surface area contributed by atoms with E-state index in [1.54, 1.807) is 7.11 Å². The predicted molar refractivity (Wildman–Crippen MR) is 148 cm³/mol. The Morgan fingerprint density at radius 3 is 2.67 bits per heavy atom. The van der Waals surface area contributed by atoms with Crippen LogP contribution in [0, 0.1) is 0 Å². The SMILES string of the molecule is COc1ccccc1N1CCN(C(=O)CCCCN2CC=C(c3c[nH]c4cc(Cl)ccc34)CC2)CC1. The van der Waals surface area contributed by atoms with Crippen LogP contribution in [0.15, 0.2) is 54.7 Å². The van der Waals surface area contributed by atoms with Gasteiger partial charge in [0.25, 0.3) is 0 Å². The minimum absolute atomic E-state index is 0.287. The molecule has 1 aromatic heterocycles. The number of hydrogen-bond acceptors (Lipinski definition) is 4. The van der Waals surface area contributed by atoms with Crippen LogP contribution >= 0.6 is 11.6 Å². The van der Waals surface area contributed by atoms with Crippen molar-refractivity contribution < 1.29 is 9.53 Å². The zero-order valence-corrected chi connectivity index (χ0v) is 21.8. The molecule has 7 heteroatoms. The standard InChI is InChI=1S/C29H35ClN4O2/c1-36-28-7-3-2-6-27(28)33-16-18-34(19-17-33)29(35)8-4-5-13-32-14-11-22(12-15-32)25-21-31-26-20-23(30)9-10-24(25)26/h2-3,6-7,9-11,20-21,31H,4-5,8,12-19H2,1H3. The number of H-pyrrole nitrogens is 1. The van der Waals surface area contributed by atoms with E-state index in [2.05, 4.69) is 39.2 Å². The first-order chi connectivity index (χ1) is 17.6. The number of aromatic nitrogens is 1. The number of benzene rings is 2. The third kappa shape index (κ3) is 5.55. The van der Waals surface area contributed by atoms with Gasteiger partial charge in [-0.05, 0) is 55.6 Å². The lowest BCUT2D eigenvalue weighted by Gasteiger charge is -2.36. The number of carbonyl (C=O) groups excluding carboxylic acids is 1. The Morgan fingerprint density at radius 1 is 1.06 bits per heavy atom. The number of amides is 1. The van der Waals surface area contributed by atoms with E-state index in [9.17, 15) is 4.79 Å². The second-order valence-corrected chi connectivity index (χ2v) is 10.1.